The van der Waals surface area contributed by atoms with E-state index in [2.05, 4.69) is 15.5 Å². The van der Waals surface area contributed by atoms with Crippen molar-refractivity contribution in [2.24, 2.45) is 0 Å². The molecule has 2 atom stereocenters. The van der Waals surface area contributed by atoms with E-state index in [1.165, 1.54) is 0 Å². The van der Waals surface area contributed by atoms with Crippen LogP contribution in [-0.4, -0.2) is 20.7 Å². The lowest BCUT2D eigenvalue weighted by atomic mass is 10.2. The van der Waals surface area contributed by atoms with Crippen molar-refractivity contribution in [3.8, 4) is 10.7 Å². The molecule has 126 valence electrons. The van der Waals surface area contributed by atoms with Gasteiger partial charge < -0.3 is 9.73 Å². The molecular formula is C16H18N4O2S2. The second kappa shape index (κ2) is 6.74. The average Bonchev–Trinajstić information content (AvgIpc) is 3.26. The molecule has 0 saturated heterocycles. The molecule has 8 heteroatoms. The number of hydrogen-bond donors (Lipinski definition) is 2. The summed E-state index contributed by atoms with van der Waals surface area (Å²) in [6, 6.07) is 6.92. The Kier molecular flexibility index (Phi) is 4.68. The fraction of sp³-hybridized carbons (Fsp3) is 0.312. The number of furan rings is 1. The van der Waals surface area contributed by atoms with Crippen LogP contribution in [-0.2, 0) is 4.79 Å². The fourth-order valence-corrected chi connectivity index (χ4v) is 3.45. The van der Waals surface area contributed by atoms with E-state index in [0.29, 0.717) is 10.6 Å². The number of nitrogens with one attached hydrogen (secondary N) is 2. The molecule has 0 spiro atoms. The van der Waals surface area contributed by atoms with Crippen LogP contribution in [0.3, 0.4) is 0 Å². The molecule has 0 aliphatic carbocycles. The van der Waals surface area contributed by atoms with Gasteiger partial charge in [0, 0.05) is 0 Å². The number of aromatic amines is 1. The van der Waals surface area contributed by atoms with Crippen LogP contribution in [0.5, 0.6) is 0 Å². The summed E-state index contributed by atoms with van der Waals surface area (Å²) in [5.74, 6) is 2.06. The van der Waals surface area contributed by atoms with Crippen LogP contribution in [0.25, 0.3) is 10.7 Å². The predicted molar refractivity (Wildman–Crippen MR) is 95.4 cm³/mol. The van der Waals surface area contributed by atoms with Gasteiger partial charge in [-0.2, -0.15) is 5.10 Å². The Hall–Kier alpha value is -2.19. The molecule has 3 heterocycles. The van der Waals surface area contributed by atoms with Gasteiger partial charge in [-0.05, 0) is 56.6 Å². The largest absolute Gasteiger partial charge is 0.464 e. The average molecular weight is 362 g/mol. The molecule has 2 N–H and O–H groups in total. The fourth-order valence-electron chi connectivity index (χ4n) is 2.45. The lowest BCUT2D eigenvalue weighted by Crippen LogP contribution is -2.33. The third-order valence-corrected chi connectivity index (χ3v) is 4.91. The number of aromatic nitrogens is 3. The van der Waals surface area contributed by atoms with Crippen molar-refractivity contribution in [1.82, 2.24) is 20.1 Å². The first-order valence-electron chi connectivity index (χ1n) is 7.55. The van der Waals surface area contributed by atoms with E-state index in [4.69, 9.17) is 16.6 Å². The summed E-state index contributed by atoms with van der Waals surface area (Å²) < 4.78 is 7.72. The van der Waals surface area contributed by atoms with E-state index in [1.807, 2.05) is 43.5 Å². The van der Waals surface area contributed by atoms with Gasteiger partial charge in [-0.15, -0.1) is 11.3 Å². The minimum atomic E-state index is -0.494. The molecule has 0 fully saturated rings. The van der Waals surface area contributed by atoms with Crippen LogP contribution in [0, 0.1) is 11.7 Å². The van der Waals surface area contributed by atoms with Crippen molar-refractivity contribution in [2.75, 3.05) is 0 Å². The first-order valence-corrected chi connectivity index (χ1v) is 8.83. The Morgan fingerprint density at radius 1 is 1.42 bits per heavy atom. The molecule has 0 saturated carbocycles. The van der Waals surface area contributed by atoms with Crippen molar-refractivity contribution < 1.29 is 9.21 Å². The second-order valence-corrected chi connectivity index (χ2v) is 6.89. The Balaban J connectivity index is 1.82. The molecule has 3 aromatic heterocycles. The minimum absolute atomic E-state index is 0.146. The third-order valence-electron chi connectivity index (χ3n) is 3.76. The van der Waals surface area contributed by atoms with Gasteiger partial charge in [0.25, 0.3) is 0 Å². The highest BCUT2D eigenvalue weighted by atomic mass is 32.1. The van der Waals surface area contributed by atoms with E-state index >= 15 is 0 Å². The normalized spacial score (nSPS) is 13.6. The Labute approximate surface area is 148 Å². The summed E-state index contributed by atoms with van der Waals surface area (Å²) in [4.78, 5) is 13.6. The van der Waals surface area contributed by atoms with Gasteiger partial charge in [-0.3, -0.25) is 14.5 Å². The number of hydrogen-bond acceptors (Lipinski definition) is 5. The molecule has 1 amide bonds. The first-order chi connectivity index (χ1) is 11.5. The predicted octanol–water partition coefficient (Wildman–Crippen LogP) is 4.01. The van der Waals surface area contributed by atoms with Crippen LogP contribution in [0.1, 0.15) is 37.5 Å². The molecule has 3 rings (SSSR count). The Morgan fingerprint density at radius 3 is 2.83 bits per heavy atom. The maximum absolute atomic E-state index is 12.6. The minimum Gasteiger partial charge on any atom is -0.464 e. The number of thiophene rings is 1. The second-order valence-electron chi connectivity index (χ2n) is 5.55. The SMILES string of the molecule is Cc1ccc([C@H](C)NC(=O)[C@@H](C)n2c(-c3cccs3)n[nH]c2=S)o1. The van der Waals surface area contributed by atoms with Crippen molar-refractivity contribution >= 4 is 29.5 Å². The number of H-pyrrole nitrogens is 1. The molecule has 3 aromatic rings. The Morgan fingerprint density at radius 2 is 2.21 bits per heavy atom. The van der Waals surface area contributed by atoms with Gasteiger partial charge in [0.2, 0.25) is 5.91 Å². The topological polar surface area (TPSA) is 75.8 Å². The van der Waals surface area contributed by atoms with Crippen LogP contribution >= 0.6 is 23.6 Å². The summed E-state index contributed by atoms with van der Waals surface area (Å²) in [5.41, 5.74) is 0. The number of carbonyl (C=O) groups excluding carboxylic acids is 1. The van der Waals surface area contributed by atoms with Gasteiger partial charge in [0.1, 0.15) is 17.6 Å². The Bertz CT molecular complexity index is 891. The standard InChI is InChI=1S/C16H18N4O2S2/c1-9-6-7-12(22-9)10(2)17-15(21)11(3)20-14(18-19-16(20)23)13-5-4-8-24-13/h4-8,10-11H,1-3H3,(H,17,21)(H,19,23)/t10-,11+/m0/s1. The van der Waals surface area contributed by atoms with Gasteiger partial charge in [0.15, 0.2) is 10.6 Å². The summed E-state index contributed by atoms with van der Waals surface area (Å²) in [6.07, 6.45) is 0. The number of aryl methyl sites for hydroxylation is 1. The van der Waals surface area contributed by atoms with Gasteiger partial charge in [-0.1, -0.05) is 6.07 Å². The monoisotopic (exact) mass is 362 g/mol. The zero-order valence-corrected chi connectivity index (χ0v) is 15.2. The van der Waals surface area contributed by atoms with E-state index in [-0.39, 0.29) is 11.9 Å². The van der Waals surface area contributed by atoms with Crippen LogP contribution in [0.4, 0.5) is 0 Å². The quantitative estimate of drug-likeness (QED) is 0.673. The van der Waals surface area contributed by atoms with Crippen LogP contribution in [0.15, 0.2) is 34.1 Å². The van der Waals surface area contributed by atoms with Crippen molar-refractivity contribution in [1.29, 1.82) is 0 Å². The van der Waals surface area contributed by atoms with Crippen molar-refractivity contribution in [2.45, 2.75) is 32.9 Å². The molecule has 6 nitrogen and oxygen atoms in total. The summed E-state index contributed by atoms with van der Waals surface area (Å²) >= 11 is 6.85. The van der Waals surface area contributed by atoms with Crippen LogP contribution < -0.4 is 5.32 Å². The summed E-state index contributed by atoms with van der Waals surface area (Å²) in [7, 11) is 0. The third kappa shape index (κ3) is 3.20. The van der Waals surface area contributed by atoms with E-state index in [1.54, 1.807) is 22.8 Å². The molecule has 0 aromatic carbocycles. The summed E-state index contributed by atoms with van der Waals surface area (Å²) in [5, 5.41) is 12.0. The van der Waals surface area contributed by atoms with Gasteiger partial charge >= 0.3 is 0 Å². The van der Waals surface area contributed by atoms with E-state index in [9.17, 15) is 4.79 Å². The lowest BCUT2D eigenvalue weighted by Gasteiger charge is -2.18. The molecule has 0 aliphatic rings. The number of rotatable bonds is 5. The van der Waals surface area contributed by atoms with Gasteiger partial charge in [0.05, 0.1) is 10.9 Å². The maximum Gasteiger partial charge on any atom is 0.243 e. The molecule has 0 bridgehead atoms. The number of amides is 1. The highest BCUT2D eigenvalue weighted by molar-refractivity contribution is 7.71. The number of carbonyl (C=O) groups is 1. The maximum atomic E-state index is 12.6. The highest BCUT2D eigenvalue weighted by Crippen LogP contribution is 2.26. The zero-order valence-electron chi connectivity index (χ0n) is 13.6. The highest BCUT2D eigenvalue weighted by Gasteiger charge is 2.23. The smallest absolute Gasteiger partial charge is 0.243 e. The molecule has 0 unspecified atom stereocenters. The van der Waals surface area contributed by atoms with Crippen LogP contribution in [0.2, 0.25) is 0 Å². The first kappa shape index (κ1) is 16.7. The molecule has 0 radical (unpaired) electrons. The van der Waals surface area contributed by atoms with Crippen molar-refractivity contribution in [3.63, 3.8) is 0 Å². The lowest BCUT2D eigenvalue weighted by molar-refractivity contribution is -0.124. The molecular weight excluding hydrogens is 344 g/mol. The van der Waals surface area contributed by atoms with Gasteiger partial charge in [-0.25, -0.2) is 0 Å². The van der Waals surface area contributed by atoms with E-state index < -0.39 is 6.04 Å². The summed E-state index contributed by atoms with van der Waals surface area (Å²) in [6.45, 7) is 5.56. The van der Waals surface area contributed by atoms with Crippen molar-refractivity contribution in [3.05, 3.63) is 45.9 Å². The zero-order chi connectivity index (χ0) is 17.3. The molecule has 24 heavy (non-hydrogen) atoms. The van der Waals surface area contributed by atoms with E-state index in [0.717, 1.165) is 16.4 Å². The molecule has 0 aliphatic heterocycles. The number of nitrogens with zero attached hydrogens (tertiary/aromatic N) is 2.